The average molecular weight is 382 g/mol. The molecular formula is C23H27FN2O2. The minimum atomic E-state index is -0.300. The molecule has 0 saturated carbocycles. The van der Waals surface area contributed by atoms with Gasteiger partial charge in [-0.15, -0.1) is 0 Å². The minimum absolute atomic E-state index is 0.0431. The molecule has 0 unspecified atom stereocenters. The Balaban J connectivity index is 1.68. The van der Waals surface area contributed by atoms with E-state index in [4.69, 9.17) is 0 Å². The molecule has 1 heterocycles. The molecule has 0 bridgehead atoms. The molecule has 0 spiro atoms. The SMILES string of the molecule is CCCN(C(=O)c1ccc(F)c(C)c1)C1CCN(C(=O)c2ccccc2)CC1. The highest BCUT2D eigenvalue weighted by atomic mass is 19.1. The van der Waals surface area contributed by atoms with Crippen molar-refractivity contribution in [3.8, 4) is 0 Å². The Labute approximate surface area is 166 Å². The molecule has 2 aromatic rings. The van der Waals surface area contributed by atoms with Crippen molar-refractivity contribution in [2.45, 2.75) is 39.2 Å². The van der Waals surface area contributed by atoms with E-state index in [0.717, 1.165) is 19.3 Å². The fraction of sp³-hybridized carbons (Fsp3) is 0.391. The molecule has 148 valence electrons. The Bertz CT molecular complexity index is 830. The first kappa shape index (κ1) is 20.1. The Morgan fingerprint density at radius 2 is 1.75 bits per heavy atom. The van der Waals surface area contributed by atoms with Crippen molar-refractivity contribution >= 4 is 11.8 Å². The number of amides is 2. The average Bonchev–Trinajstić information content (AvgIpc) is 2.74. The number of rotatable bonds is 5. The molecule has 3 rings (SSSR count). The second-order valence-corrected chi connectivity index (χ2v) is 7.35. The van der Waals surface area contributed by atoms with E-state index >= 15 is 0 Å². The molecule has 5 heteroatoms. The maximum Gasteiger partial charge on any atom is 0.254 e. The van der Waals surface area contributed by atoms with Gasteiger partial charge in [0.15, 0.2) is 0 Å². The number of piperidine rings is 1. The number of nitrogens with zero attached hydrogens (tertiary/aromatic N) is 2. The van der Waals surface area contributed by atoms with E-state index in [1.165, 1.54) is 6.07 Å². The van der Waals surface area contributed by atoms with E-state index < -0.39 is 0 Å². The number of benzene rings is 2. The number of carbonyl (C=O) groups excluding carboxylic acids is 2. The summed E-state index contributed by atoms with van der Waals surface area (Å²) in [6.07, 6.45) is 2.37. The number of carbonyl (C=O) groups is 2. The molecule has 0 aromatic heterocycles. The first-order chi connectivity index (χ1) is 13.5. The Hall–Kier alpha value is -2.69. The van der Waals surface area contributed by atoms with Crippen molar-refractivity contribution < 1.29 is 14.0 Å². The molecule has 1 fully saturated rings. The topological polar surface area (TPSA) is 40.6 Å². The molecule has 2 aromatic carbocycles. The van der Waals surface area contributed by atoms with Crippen LogP contribution >= 0.6 is 0 Å². The first-order valence-electron chi connectivity index (χ1n) is 9.92. The lowest BCUT2D eigenvalue weighted by Gasteiger charge is -2.38. The van der Waals surface area contributed by atoms with Gasteiger partial charge in [0.05, 0.1) is 0 Å². The van der Waals surface area contributed by atoms with Gasteiger partial charge < -0.3 is 9.80 Å². The van der Waals surface area contributed by atoms with Crippen LogP contribution < -0.4 is 0 Å². The predicted molar refractivity (Wildman–Crippen MR) is 108 cm³/mol. The summed E-state index contributed by atoms with van der Waals surface area (Å²) in [6.45, 7) is 5.64. The van der Waals surface area contributed by atoms with Crippen LogP contribution in [-0.4, -0.2) is 47.3 Å². The molecule has 0 radical (unpaired) electrons. The van der Waals surface area contributed by atoms with Gasteiger partial charge in [-0.1, -0.05) is 25.1 Å². The van der Waals surface area contributed by atoms with Crippen molar-refractivity contribution in [1.29, 1.82) is 0 Å². The molecule has 1 aliphatic heterocycles. The third-order valence-corrected chi connectivity index (χ3v) is 5.34. The normalized spacial score (nSPS) is 14.8. The van der Waals surface area contributed by atoms with Crippen molar-refractivity contribution in [1.82, 2.24) is 9.80 Å². The van der Waals surface area contributed by atoms with Crippen LogP contribution in [0.1, 0.15) is 52.5 Å². The monoisotopic (exact) mass is 382 g/mol. The number of halogens is 1. The zero-order valence-corrected chi connectivity index (χ0v) is 16.5. The van der Waals surface area contributed by atoms with Crippen molar-refractivity contribution in [2.24, 2.45) is 0 Å². The maximum atomic E-state index is 13.6. The fourth-order valence-corrected chi connectivity index (χ4v) is 3.78. The predicted octanol–water partition coefficient (Wildman–Crippen LogP) is 4.29. The van der Waals surface area contributed by atoms with Crippen molar-refractivity contribution in [3.05, 3.63) is 71.0 Å². The second-order valence-electron chi connectivity index (χ2n) is 7.35. The summed E-state index contributed by atoms with van der Waals surface area (Å²) >= 11 is 0. The molecule has 2 amide bonds. The van der Waals surface area contributed by atoms with Crippen molar-refractivity contribution in [2.75, 3.05) is 19.6 Å². The van der Waals surface area contributed by atoms with Gasteiger partial charge in [-0.05, 0) is 62.1 Å². The molecule has 28 heavy (non-hydrogen) atoms. The van der Waals surface area contributed by atoms with Crippen LogP contribution in [0.25, 0.3) is 0 Å². The highest BCUT2D eigenvalue weighted by Crippen LogP contribution is 2.22. The van der Waals surface area contributed by atoms with Gasteiger partial charge in [0.25, 0.3) is 11.8 Å². The van der Waals surface area contributed by atoms with Gasteiger partial charge in [-0.25, -0.2) is 4.39 Å². The number of likely N-dealkylation sites (tertiary alicyclic amines) is 1. The summed E-state index contributed by atoms with van der Waals surface area (Å²) in [7, 11) is 0. The largest absolute Gasteiger partial charge is 0.338 e. The van der Waals surface area contributed by atoms with Gasteiger partial charge >= 0.3 is 0 Å². The number of hydrogen-bond acceptors (Lipinski definition) is 2. The molecule has 1 aliphatic rings. The third kappa shape index (κ3) is 4.41. The van der Waals surface area contributed by atoms with E-state index in [2.05, 4.69) is 0 Å². The summed E-state index contributed by atoms with van der Waals surface area (Å²) in [5, 5.41) is 0. The number of hydrogen-bond donors (Lipinski definition) is 0. The van der Waals surface area contributed by atoms with Crippen LogP contribution in [0.2, 0.25) is 0 Å². The smallest absolute Gasteiger partial charge is 0.254 e. The molecular weight excluding hydrogens is 355 g/mol. The molecule has 1 saturated heterocycles. The van der Waals surface area contributed by atoms with Gasteiger partial charge in [0.2, 0.25) is 0 Å². The van der Waals surface area contributed by atoms with Crippen LogP contribution in [-0.2, 0) is 0 Å². The highest BCUT2D eigenvalue weighted by molar-refractivity contribution is 5.95. The van der Waals surface area contributed by atoms with Crippen LogP contribution in [0.3, 0.4) is 0 Å². The molecule has 4 nitrogen and oxygen atoms in total. The summed E-state index contributed by atoms with van der Waals surface area (Å²) in [4.78, 5) is 29.5. The lowest BCUT2D eigenvalue weighted by molar-refractivity contribution is 0.0519. The lowest BCUT2D eigenvalue weighted by Crippen LogP contribution is -2.49. The Morgan fingerprint density at radius 1 is 1.07 bits per heavy atom. The van der Waals surface area contributed by atoms with Gasteiger partial charge in [-0.3, -0.25) is 9.59 Å². The van der Waals surface area contributed by atoms with E-state index in [-0.39, 0.29) is 23.7 Å². The highest BCUT2D eigenvalue weighted by Gasteiger charge is 2.30. The zero-order valence-electron chi connectivity index (χ0n) is 16.5. The van der Waals surface area contributed by atoms with Crippen LogP contribution in [0.5, 0.6) is 0 Å². The van der Waals surface area contributed by atoms with Crippen LogP contribution in [0.4, 0.5) is 4.39 Å². The Morgan fingerprint density at radius 3 is 2.36 bits per heavy atom. The first-order valence-corrected chi connectivity index (χ1v) is 9.92. The van der Waals surface area contributed by atoms with Gasteiger partial charge in [-0.2, -0.15) is 0 Å². The number of aryl methyl sites for hydroxylation is 1. The van der Waals surface area contributed by atoms with Gasteiger partial charge in [0, 0.05) is 36.8 Å². The van der Waals surface area contributed by atoms with E-state index in [0.29, 0.717) is 36.3 Å². The van der Waals surface area contributed by atoms with Crippen LogP contribution in [0, 0.1) is 12.7 Å². The molecule has 0 atom stereocenters. The summed E-state index contributed by atoms with van der Waals surface area (Å²) in [5.74, 6) is -0.314. The van der Waals surface area contributed by atoms with E-state index in [1.807, 2.05) is 47.1 Å². The summed E-state index contributed by atoms with van der Waals surface area (Å²) in [6, 6.07) is 13.9. The van der Waals surface area contributed by atoms with Crippen molar-refractivity contribution in [3.63, 3.8) is 0 Å². The quantitative estimate of drug-likeness (QED) is 0.774. The Kier molecular flexibility index (Phi) is 6.45. The maximum absolute atomic E-state index is 13.6. The van der Waals surface area contributed by atoms with E-state index in [9.17, 15) is 14.0 Å². The molecule has 0 aliphatic carbocycles. The lowest BCUT2D eigenvalue weighted by atomic mass is 10.00. The van der Waals surface area contributed by atoms with E-state index in [1.54, 1.807) is 19.1 Å². The summed E-state index contributed by atoms with van der Waals surface area (Å²) in [5.41, 5.74) is 1.70. The standard InChI is InChI=1S/C23H27FN2O2/c1-3-13-26(23(28)19-9-10-21(24)17(2)16-19)20-11-14-25(15-12-20)22(27)18-7-5-4-6-8-18/h4-10,16,20H,3,11-15H2,1-2H3. The van der Waals surface area contributed by atoms with Gasteiger partial charge in [0.1, 0.15) is 5.82 Å². The van der Waals surface area contributed by atoms with Crippen LogP contribution in [0.15, 0.2) is 48.5 Å². The zero-order chi connectivity index (χ0) is 20.1. The second kappa shape index (κ2) is 9.00. The summed E-state index contributed by atoms with van der Waals surface area (Å²) < 4.78 is 13.6. The third-order valence-electron chi connectivity index (χ3n) is 5.34. The fourth-order valence-electron chi connectivity index (χ4n) is 3.78. The molecule has 0 N–H and O–H groups in total. The minimum Gasteiger partial charge on any atom is -0.338 e.